The lowest BCUT2D eigenvalue weighted by Crippen LogP contribution is -2.40. The Balaban J connectivity index is 1.22. The van der Waals surface area contributed by atoms with Gasteiger partial charge in [0.1, 0.15) is 11.6 Å². The molecule has 2 aromatic rings. The van der Waals surface area contributed by atoms with Gasteiger partial charge in [0.05, 0.1) is 25.9 Å². The number of β-amino-alcohol motifs (C(OH)–C–C–N with tert-alkyl or cyclic N) is 1. The van der Waals surface area contributed by atoms with E-state index in [1.165, 1.54) is 0 Å². The molecule has 0 amide bonds. The number of aromatic nitrogens is 3. The number of hydrogen-bond acceptors (Lipinski definition) is 7. The van der Waals surface area contributed by atoms with Crippen LogP contribution in [0, 0.1) is 6.92 Å². The van der Waals surface area contributed by atoms with E-state index in [0.29, 0.717) is 19.7 Å². The van der Waals surface area contributed by atoms with Crippen LogP contribution in [-0.4, -0.2) is 57.4 Å². The third kappa shape index (κ3) is 3.60. The standard InChI is InChI=1S/C17H22N4O4/c1-12-18-19-17-8-20(4-5-21(12)17)7-14(22)10-23-9-13-2-3-15-16(6-13)25-11-24-15/h2-3,6,14,22H,4-5,7-11H2,1H3/t14-/m0/s1. The predicted molar refractivity (Wildman–Crippen MR) is 88.3 cm³/mol. The van der Waals surface area contributed by atoms with E-state index in [1.54, 1.807) is 0 Å². The van der Waals surface area contributed by atoms with Crippen molar-refractivity contribution < 1.29 is 19.3 Å². The van der Waals surface area contributed by atoms with Gasteiger partial charge < -0.3 is 23.9 Å². The number of nitrogens with zero attached hydrogens (tertiary/aromatic N) is 4. The van der Waals surface area contributed by atoms with E-state index < -0.39 is 6.10 Å². The molecular formula is C17H22N4O4. The first-order chi connectivity index (χ1) is 12.2. The third-order valence-electron chi connectivity index (χ3n) is 4.50. The molecule has 0 aliphatic carbocycles. The van der Waals surface area contributed by atoms with Crippen LogP contribution >= 0.6 is 0 Å². The summed E-state index contributed by atoms with van der Waals surface area (Å²) >= 11 is 0. The topological polar surface area (TPSA) is 81.9 Å². The van der Waals surface area contributed by atoms with Crippen LogP contribution in [0.25, 0.3) is 0 Å². The normalized spacial score (nSPS) is 17.5. The highest BCUT2D eigenvalue weighted by molar-refractivity contribution is 5.44. The second kappa shape index (κ2) is 6.99. The fourth-order valence-corrected chi connectivity index (χ4v) is 3.20. The zero-order chi connectivity index (χ0) is 17.2. The molecule has 1 aromatic heterocycles. The monoisotopic (exact) mass is 346 g/mol. The Morgan fingerprint density at radius 3 is 3.04 bits per heavy atom. The number of fused-ring (bicyclic) bond motifs is 2. The lowest BCUT2D eigenvalue weighted by atomic mass is 10.2. The Hall–Kier alpha value is -2.16. The summed E-state index contributed by atoms with van der Waals surface area (Å²) in [6, 6.07) is 5.73. The second-order valence-corrected chi connectivity index (χ2v) is 6.41. The molecule has 4 rings (SSSR count). The number of aliphatic hydroxyl groups excluding tert-OH is 1. The molecule has 25 heavy (non-hydrogen) atoms. The lowest BCUT2D eigenvalue weighted by molar-refractivity contribution is 0.00534. The van der Waals surface area contributed by atoms with Gasteiger partial charge >= 0.3 is 0 Å². The van der Waals surface area contributed by atoms with Gasteiger partial charge in [0.15, 0.2) is 11.5 Å². The second-order valence-electron chi connectivity index (χ2n) is 6.41. The van der Waals surface area contributed by atoms with Crippen molar-refractivity contribution in [3.63, 3.8) is 0 Å². The van der Waals surface area contributed by atoms with Crippen molar-refractivity contribution in [2.75, 3.05) is 26.5 Å². The van der Waals surface area contributed by atoms with Gasteiger partial charge in [-0.1, -0.05) is 6.07 Å². The van der Waals surface area contributed by atoms with Crippen molar-refractivity contribution in [3.05, 3.63) is 35.4 Å². The summed E-state index contributed by atoms with van der Waals surface area (Å²) in [5, 5.41) is 18.5. The largest absolute Gasteiger partial charge is 0.454 e. The van der Waals surface area contributed by atoms with Gasteiger partial charge in [-0.3, -0.25) is 4.90 Å². The number of aryl methyl sites for hydroxylation is 1. The first-order valence-corrected chi connectivity index (χ1v) is 8.44. The Labute approximate surface area is 145 Å². The Morgan fingerprint density at radius 1 is 1.24 bits per heavy atom. The number of hydrogen-bond donors (Lipinski definition) is 1. The van der Waals surface area contributed by atoms with Crippen LogP contribution < -0.4 is 9.47 Å². The van der Waals surface area contributed by atoms with E-state index in [-0.39, 0.29) is 13.4 Å². The van der Waals surface area contributed by atoms with Crippen molar-refractivity contribution in [3.8, 4) is 11.5 Å². The maximum Gasteiger partial charge on any atom is 0.231 e. The highest BCUT2D eigenvalue weighted by atomic mass is 16.7. The van der Waals surface area contributed by atoms with E-state index in [0.717, 1.165) is 41.8 Å². The van der Waals surface area contributed by atoms with Crippen LogP contribution in [-0.2, 0) is 24.4 Å². The molecule has 2 aliphatic heterocycles. The summed E-state index contributed by atoms with van der Waals surface area (Å²) in [5.74, 6) is 3.41. The summed E-state index contributed by atoms with van der Waals surface area (Å²) in [4.78, 5) is 2.18. The van der Waals surface area contributed by atoms with Crippen molar-refractivity contribution >= 4 is 0 Å². The molecule has 3 heterocycles. The summed E-state index contributed by atoms with van der Waals surface area (Å²) < 4.78 is 18.4. The van der Waals surface area contributed by atoms with Crippen molar-refractivity contribution in [2.24, 2.45) is 0 Å². The highest BCUT2D eigenvalue weighted by Gasteiger charge is 2.21. The van der Waals surface area contributed by atoms with Gasteiger partial charge in [-0.05, 0) is 24.6 Å². The van der Waals surface area contributed by atoms with Crippen molar-refractivity contribution in [2.45, 2.75) is 32.7 Å². The SMILES string of the molecule is Cc1nnc2n1CCN(C[C@H](O)COCc1ccc3c(c1)OCO3)C2. The third-order valence-corrected chi connectivity index (χ3v) is 4.50. The van der Waals surface area contributed by atoms with Gasteiger partial charge in [-0.2, -0.15) is 0 Å². The number of benzene rings is 1. The average molecular weight is 346 g/mol. The van der Waals surface area contributed by atoms with Gasteiger partial charge in [-0.25, -0.2) is 0 Å². The molecule has 0 spiro atoms. The number of aliphatic hydroxyl groups is 1. The van der Waals surface area contributed by atoms with Crippen LogP contribution in [0.2, 0.25) is 0 Å². The van der Waals surface area contributed by atoms with Crippen LogP contribution in [0.3, 0.4) is 0 Å². The molecule has 1 atom stereocenters. The fraction of sp³-hybridized carbons (Fsp3) is 0.529. The van der Waals surface area contributed by atoms with Gasteiger partial charge in [0.2, 0.25) is 6.79 Å². The minimum atomic E-state index is -0.537. The zero-order valence-electron chi connectivity index (χ0n) is 14.2. The first kappa shape index (κ1) is 16.3. The highest BCUT2D eigenvalue weighted by Crippen LogP contribution is 2.32. The molecular weight excluding hydrogens is 324 g/mol. The number of rotatable bonds is 6. The van der Waals surface area contributed by atoms with E-state index in [1.807, 2.05) is 25.1 Å². The van der Waals surface area contributed by atoms with E-state index >= 15 is 0 Å². The summed E-state index contributed by atoms with van der Waals surface area (Å²) in [6.07, 6.45) is -0.537. The van der Waals surface area contributed by atoms with Gasteiger partial charge in [0.25, 0.3) is 0 Å². The van der Waals surface area contributed by atoms with Crippen LogP contribution in [0.1, 0.15) is 17.2 Å². The van der Waals surface area contributed by atoms with Crippen LogP contribution in [0.15, 0.2) is 18.2 Å². The Bertz CT molecular complexity index is 748. The van der Waals surface area contributed by atoms with E-state index in [9.17, 15) is 5.11 Å². The number of ether oxygens (including phenoxy) is 3. The summed E-state index contributed by atoms with van der Waals surface area (Å²) in [5.41, 5.74) is 0.998. The molecule has 2 aliphatic rings. The zero-order valence-corrected chi connectivity index (χ0v) is 14.2. The molecule has 8 heteroatoms. The predicted octanol–water partition coefficient (Wildman–Crippen LogP) is 0.709. The average Bonchev–Trinajstić information content (AvgIpc) is 3.21. The summed E-state index contributed by atoms with van der Waals surface area (Å²) in [7, 11) is 0. The Morgan fingerprint density at radius 2 is 2.12 bits per heavy atom. The molecule has 1 N–H and O–H groups in total. The molecule has 8 nitrogen and oxygen atoms in total. The molecule has 0 radical (unpaired) electrons. The molecule has 134 valence electrons. The molecule has 0 saturated carbocycles. The van der Waals surface area contributed by atoms with Crippen molar-refractivity contribution in [1.82, 2.24) is 19.7 Å². The maximum absolute atomic E-state index is 10.2. The first-order valence-electron chi connectivity index (χ1n) is 8.44. The van der Waals surface area contributed by atoms with Crippen LogP contribution in [0.5, 0.6) is 11.5 Å². The van der Waals surface area contributed by atoms with Crippen LogP contribution in [0.4, 0.5) is 0 Å². The molecule has 0 saturated heterocycles. The lowest BCUT2D eigenvalue weighted by Gasteiger charge is -2.29. The van der Waals surface area contributed by atoms with E-state index in [4.69, 9.17) is 14.2 Å². The minimum absolute atomic E-state index is 0.265. The van der Waals surface area contributed by atoms with E-state index in [2.05, 4.69) is 19.7 Å². The Kier molecular flexibility index (Phi) is 4.56. The minimum Gasteiger partial charge on any atom is -0.454 e. The summed E-state index contributed by atoms with van der Waals surface area (Å²) in [6.45, 7) is 5.96. The van der Waals surface area contributed by atoms with Gasteiger partial charge in [0, 0.05) is 19.6 Å². The smallest absolute Gasteiger partial charge is 0.231 e. The molecule has 0 unspecified atom stereocenters. The van der Waals surface area contributed by atoms with Gasteiger partial charge in [-0.15, -0.1) is 10.2 Å². The molecule has 0 fully saturated rings. The molecule has 0 bridgehead atoms. The molecule has 1 aromatic carbocycles. The fourth-order valence-electron chi connectivity index (χ4n) is 3.20. The quantitative estimate of drug-likeness (QED) is 0.825. The van der Waals surface area contributed by atoms with Crippen molar-refractivity contribution in [1.29, 1.82) is 0 Å². The maximum atomic E-state index is 10.2.